The third-order valence-corrected chi connectivity index (χ3v) is 10.8. The first-order chi connectivity index (χ1) is 29.9. The van der Waals surface area contributed by atoms with Crippen LogP contribution in [0.4, 0.5) is 0 Å². The lowest BCUT2D eigenvalue weighted by atomic mass is 9.88. The molecule has 0 aromatic heterocycles. The molecule has 3 aliphatic rings. The van der Waals surface area contributed by atoms with Crippen molar-refractivity contribution in [3.05, 3.63) is 12.2 Å². The Morgan fingerprint density at radius 1 is 0.762 bits per heavy atom. The van der Waals surface area contributed by atoms with Crippen LogP contribution in [0.15, 0.2) is 12.2 Å². The number of aliphatic carboxylic acids is 1. The van der Waals surface area contributed by atoms with Gasteiger partial charge in [-0.1, -0.05) is 33.3 Å². The number of esters is 1. The predicted molar refractivity (Wildman–Crippen MR) is 218 cm³/mol. The highest BCUT2D eigenvalue weighted by atomic mass is 16.7. The number of aliphatic hydroxyl groups is 4. The van der Waals surface area contributed by atoms with Crippen molar-refractivity contribution in [3.63, 3.8) is 0 Å². The van der Waals surface area contributed by atoms with Crippen LogP contribution < -0.4 is 27.0 Å². The lowest BCUT2D eigenvalue weighted by molar-refractivity contribution is -0.344. The van der Waals surface area contributed by atoms with Crippen LogP contribution in [0.25, 0.3) is 0 Å². The number of carboxylic acids is 1. The average Bonchev–Trinajstić information content (AvgIpc) is 3.22. The van der Waals surface area contributed by atoms with Crippen LogP contribution in [0, 0.1) is 5.92 Å². The lowest BCUT2D eigenvalue weighted by Gasteiger charge is -2.50. The summed E-state index contributed by atoms with van der Waals surface area (Å²) in [5.74, 6) is -3.95. The Bertz CT molecular complexity index is 1480. The molecule has 15 atom stereocenters. The number of hydrogen-bond donors (Lipinski definition) is 10. The maximum Gasteiger partial charge on any atom is 0.333 e. The van der Waals surface area contributed by atoms with Crippen molar-refractivity contribution in [3.8, 4) is 0 Å². The van der Waals surface area contributed by atoms with Gasteiger partial charge in [-0.25, -0.2) is 9.59 Å². The summed E-state index contributed by atoms with van der Waals surface area (Å²) >= 11 is 0. The molecule has 0 bridgehead atoms. The predicted octanol–water partition coefficient (Wildman–Crippen LogP) is -3.46. The molecule has 23 heteroatoms. The van der Waals surface area contributed by atoms with E-state index < -0.39 is 141 Å². The number of hydrogen-bond acceptors (Lipinski definition) is 19. The van der Waals surface area contributed by atoms with Crippen molar-refractivity contribution in [1.82, 2.24) is 21.3 Å². The molecule has 0 aromatic carbocycles. The van der Waals surface area contributed by atoms with E-state index in [1.54, 1.807) is 20.8 Å². The first-order valence-corrected chi connectivity index (χ1v) is 21.3. The van der Waals surface area contributed by atoms with Crippen molar-refractivity contribution < 1.29 is 87.4 Å². The van der Waals surface area contributed by atoms with E-state index in [1.165, 1.54) is 6.92 Å². The van der Waals surface area contributed by atoms with E-state index in [1.807, 2.05) is 6.92 Å². The Balaban J connectivity index is 1.74. The SMILES string of the molecule is C=C(C)C(=O)OCCNCCNC(=O)COCC1OC(C)C(N)C(O)C1OC1OC(CO)C(OC2OC(COCC(=O)O)C(C)C(O)C2NC(=O)CCCCC)C(O)C1NC(C)=O. The van der Waals surface area contributed by atoms with Crippen LogP contribution in [0.5, 0.6) is 0 Å². The summed E-state index contributed by atoms with van der Waals surface area (Å²) in [6.07, 6.45) is -12.2. The van der Waals surface area contributed by atoms with Gasteiger partial charge in [0.25, 0.3) is 0 Å². The molecule has 0 radical (unpaired) electrons. The monoisotopic (exact) mass is 907 g/mol. The number of carbonyl (C=O) groups excluding carboxylic acids is 4. The Morgan fingerprint density at radius 2 is 1.38 bits per heavy atom. The molecule has 63 heavy (non-hydrogen) atoms. The van der Waals surface area contributed by atoms with Crippen molar-refractivity contribution >= 4 is 29.7 Å². The van der Waals surface area contributed by atoms with E-state index in [-0.39, 0.29) is 38.4 Å². The summed E-state index contributed by atoms with van der Waals surface area (Å²) in [5.41, 5.74) is 6.53. The first kappa shape index (κ1) is 53.9. The zero-order valence-corrected chi connectivity index (χ0v) is 36.7. The van der Waals surface area contributed by atoms with E-state index in [9.17, 15) is 44.4 Å². The van der Waals surface area contributed by atoms with Gasteiger partial charge in [0.2, 0.25) is 17.7 Å². The minimum Gasteiger partial charge on any atom is -0.480 e. The topological polar surface area (TPSA) is 334 Å². The second kappa shape index (κ2) is 27.1. The Kier molecular flexibility index (Phi) is 23.2. The zero-order chi connectivity index (χ0) is 46.8. The Morgan fingerprint density at radius 3 is 2.00 bits per heavy atom. The number of aliphatic hydroxyl groups excluding tert-OH is 4. The molecular weight excluding hydrogens is 838 g/mol. The highest BCUT2D eigenvalue weighted by Gasteiger charge is 2.53. The van der Waals surface area contributed by atoms with Gasteiger partial charge < -0.3 is 90.4 Å². The van der Waals surface area contributed by atoms with Gasteiger partial charge in [-0.3, -0.25) is 14.4 Å². The van der Waals surface area contributed by atoms with Crippen molar-refractivity contribution in [2.45, 2.75) is 146 Å². The first-order valence-electron chi connectivity index (χ1n) is 21.3. The third-order valence-electron chi connectivity index (χ3n) is 10.8. The van der Waals surface area contributed by atoms with Gasteiger partial charge in [0.05, 0.1) is 44.2 Å². The molecule has 0 spiro atoms. The zero-order valence-electron chi connectivity index (χ0n) is 36.7. The Labute approximate surface area is 366 Å². The number of ether oxygens (including phenoxy) is 8. The average molecular weight is 908 g/mol. The van der Waals surface area contributed by atoms with E-state index in [4.69, 9.17) is 48.7 Å². The number of nitrogens with two attached hydrogens (primary N) is 1. The molecule has 3 aliphatic heterocycles. The summed E-state index contributed by atoms with van der Waals surface area (Å²) in [5, 5.41) is 65.3. The maximum atomic E-state index is 13.0. The van der Waals surface area contributed by atoms with Gasteiger partial charge in [0, 0.05) is 44.5 Å². The minimum absolute atomic E-state index is 0.128. The molecule has 0 saturated carbocycles. The van der Waals surface area contributed by atoms with Crippen molar-refractivity contribution in [2.75, 3.05) is 59.3 Å². The number of carbonyl (C=O) groups is 5. The normalized spacial score (nSPS) is 33.2. The van der Waals surface area contributed by atoms with Gasteiger partial charge >= 0.3 is 11.9 Å². The fourth-order valence-electron chi connectivity index (χ4n) is 7.19. The van der Waals surface area contributed by atoms with Crippen molar-refractivity contribution in [1.29, 1.82) is 0 Å². The molecule has 11 N–H and O–H groups in total. The molecule has 23 nitrogen and oxygen atoms in total. The molecule has 15 unspecified atom stereocenters. The third kappa shape index (κ3) is 16.8. The van der Waals surface area contributed by atoms with E-state index >= 15 is 0 Å². The summed E-state index contributed by atoms with van der Waals surface area (Å²) in [6.45, 7) is 10.1. The molecule has 0 aromatic rings. The van der Waals surface area contributed by atoms with E-state index in [2.05, 4.69) is 27.8 Å². The molecule has 3 fully saturated rings. The van der Waals surface area contributed by atoms with Crippen LogP contribution in [0.1, 0.15) is 60.3 Å². The summed E-state index contributed by atoms with van der Waals surface area (Å²) in [6, 6.07) is -3.64. The molecular formula is C40H69N5O18. The highest BCUT2D eigenvalue weighted by Crippen LogP contribution is 2.34. The van der Waals surface area contributed by atoms with Gasteiger partial charge in [0.15, 0.2) is 12.6 Å². The molecule has 3 heterocycles. The van der Waals surface area contributed by atoms with Crippen LogP contribution >= 0.6 is 0 Å². The summed E-state index contributed by atoms with van der Waals surface area (Å²) in [4.78, 5) is 60.7. The second-order valence-corrected chi connectivity index (χ2v) is 16.0. The largest absolute Gasteiger partial charge is 0.480 e. The van der Waals surface area contributed by atoms with Gasteiger partial charge in [0.1, 0.15) is 68.5 Å². The fraction of sp³-hybridized carbons (Fsp3) is 0.825. The van der Waals surface area contributed by atoms with Crippen LogP contribution in [0.2, 0.25) is 0 Å². The minimum atomic E-state index is -1.74. The van der Waals surface area contributed by atoms with Gasteiger partial charge in [-0.05, 0) is 20.3 Å². The standard InChI is InChI=1S/C40H69N5O18/c1-7-8-9-10-27(48)45-31-33(52)21(4)25(16-57-19-29(50)51)61-39(31)62-36-24(15-46)60-40(32(35(36)54)44-23(6)47)63-37-26(59-22(5)30(41)34(37)53)17-56-18-28(49)43-12-11-42-13-14-58-38(55)20(2)3/h21-22,24-26,30-37,39-40,42,46,52-54H,2,7-19,41H2,1,3-6H3,(H,43,49)(H,44,47)(H,45,48)(H,50,51). The van der Waals surface area contributed by atoms with Crippen molar-refractivity contribution in [2.24, 2.45) is 11.7 Å². The quantitative estimate of drug-likeness (QED) is 0.0229. The van der Waals surface area contributed by atoms with E-state index in [0.717, 1.165) is 12.8 Å². The molecule has 0 aliphatic carbocycles. The van der Waals surface area contributed by atoms with Gasteiger partial charge in [-0.2, -0.15) is 0 Å². The molecule has 3 rings (SSSR count). The fourth-order valence-corrected chi connectivity index (χ4v) is 7.19. The lowest BCUT2D eigenvalue weighted by Crippen LogP contribution is -2.70. The van der Waals surface area contributed by atoms with Crippen LogP contribution in [0.3, 0.4) is 0 Å². The highest BCUT2D eigenvalue weighted by molar-refractivity contribution is 5.86. The summed E-state index contributed by atoms with van der Waals surface area (Å²) < 4.78 is 46.6. The van der Waals surface area contributed by atoms with Crippen LogP contribution in [-0.4, -0.2) is 200 Å². The number of carboxylic acid groups (broad SMARTS) is 1. The number of unbranched alkanes of at least 4 members (excludes halogenated alkanes) is 2. The number of amides is 3. The molecule has 3 amide bonds. The molecule has 362 valence electrons. The summed E-state index contributed by atoms with van der Waals surface area (Å²) in [7, 11) is 0. The van der Waals surface area contributed by atoms with Crippen LogP contribution in [-0.2, 0) is 61.9 Å². The maximum absolute atomic E-state index is 13.0. The Hall–Kier alpha value is -3.43. The van der Waals surface area contributed by atoms with Gasteiger partial charge in [-0.15, -0.1) is 0 Å². The smallest absolute Gasteiger partial charge is 0.333 e. The molecule has 3 saturated heterocycles. The second-order valence-electron chi connectivity index (χ2n) is 16.0. The van der Waals surface area contributed by atoms with E-state index in [0.29, 0.717) is 19.5 Å². The number of nitrogens with one attached hydrogen (secondary N) is 4. The number of rotatable bonds is 26.